The largest absolute Gasteiger partial charge is 0.493 e. The van der Waals surface area contributed by atoms with Crippen LogP contribution < -0.4 is 14.8 Å². The molecular weight excluding hydrogens is 267 g/mol. The average molecular weight is 277 g/mol. The molecule has 0 heterocycles. The first-order chi connectivity index (χ1) is 8.83. The van der Waals surface area contributed by atoms with Gasteiger partial charge in [-0.05, 0) is 6.07 Å². The monoisotopic (exact) mass is 277 g/mol. The van der Waals surface area contributed by atoms with Crippen molar-refractivity contribution >= 4 is 17.9 Å². The number of hydrogen-bond acceptors (Lipinski definition) is 4. The van der Waals surface area contributed by atoms with Gasteiger partial charge >= 0.3 is 12.1 Å². The lowest BCUT2D eigenvalue weighted by Gasteiger charge is -2.13. The number of alkyl halides is 3. The van der Waals surface area contributed by atoms with Gasteiger partial charge in [0.05, 0.1) is 19.9 Å². The molecule has 0 aliphatic carbocycles. The van der Waals surface area contributed by atoms with Gasteiger partial charge in [0.2, 0.25) is 0 Å². The maximum atomic E-state index is 12.1. The van der Waals surface area contributed by atoms with E-state index < -0.39 is 12.1 Å². The molecule has 0 aliphatic heterocycles. The average Bonchev–Trinajstić information content (AvgIpc) is 2.36. The van der Waals surface area contributed by atoms with Crippen LogP contribution in [-0.2, 0) is 4.79 Å². The van der Waals surface area contributed by atoms with Crippen molar-refractivity contribution in [2.24, 2.45) is 0 Å². The Hall–Kier alpha value is -2.25. The van der Waals surface area contributed by atoms with E-state index in [9.17, 15) is 22.8 Å². The summed E-state index contributed by atoms with van der Waals surface area (Å²) in [4.78, 5) is 21.6. The van der Waals surface area contributed by atoms with Crippen molar-refractivity contribution in [3.63, 3.8) is 0 Å². The number of aldehydes is 1. The van der Waals surface area contributed by atoms with Crippen LogP contribution in [0.5, 0.6) is 11.5 Å². The van der Waals surface area contributed by atoms with E-state index in [0.717, 1.165) is 12.1 Å². The molecule has 8 heteroatoms. The second-order valence-electron chi connectivity index (χ2n) is 3.36. The molecule has 0 saturated heterocycles. The molecule has 1 aromatic carbocycles. The molecule has 5 nitrogen and oxygen atoms in total. The molecule has 0 aromatic heterocycles. The number of halogens is 3. The van der Waals surface area contributed by atoms with E-state index >= 15 is 0 Å². The first kappa shape index (κ1) is 14.8. The molecule has 104 valence electrons. The Balaban J connectivity index is 3.19. The van der Waals surface area contributed by atoms with Gasteiger partial charge in [-0.25, -0.2) is 0 Å². The Morgan fingerprint density at radius 2 is 1.74 bits per heavy atom. The van der Waals surface area contributed by atoms with E-state index in [1.807, 2.05) is 0 Å². The Kier molecular flexibility index (Phi) is 4.36. The molecule has 0 atom stereocenters. The number of ether oxygens (including phenoxy) is 2. The fraction of sp³-hybridized carbons (Fsp3) is 0.273. The number of rotatable bonds is 4. The van der Waals surface area contributed by atoms with E-state index in [4.69, 9.17) is 9.47 Å². The quantitative estimate of drug-likeness (QED) is 0.855. The van der Waals surface area contributed by atoms with Gasteiger partial charge in [-0.2, -0.15) is 13.2 Å². The summed E-state index contributed by atoms with van der Waals surface area (Å²) in [7, 11) is 2.58. The Morgan fingerprint density at radius 1 is 1.21 bits per heavy atom. The molecule has 1 N–H and O–H groups in total. The minimum Gasteiger partial charge on any atom is -0.493 e. The molecule has 0 aliphatic rings. The summed E-state index contributed by atoms with van der Waals surface area (Å²) in [6.07, 6.45) is -4.75. The lowest BCUT2D eigenvalue weighted by atomic mass is 10.1. The highest BCUT2D eigenvalue weighted by Crippen LogP contribution is 2.33. The molecule has 1 rings (SSSR count). The molecule has 0 saturated carbocycles. The molecule has 0 bridgehead atoms. The zero-order valence-corrected chi connectivity index (χ0v) is 10.00. The lowest BCUT2D eigenvalue weighted by molar-refractivity contribution is -0.167. The lowest BCUT2D eigenvalue weighted by Crippen LogP contribution is -2.30. The van der Waals surface area contributed by atoms with Crippen molar-refractivity contribution in [1.29, 1.82) is 0 Å². The number of hydrogen-bond donors (Lipinski definition) is 1. The molecule has 1 aromatic rings. The number of benzene rings is 1. The summed E-state index contributed by atoms with van der Waals surface area (Å²) in [5, 5.41) is 1.60. The third-order valence-corrected chi connectivity index (χ3v) is 2.19. The van der Waals surface area contributed by atoms with Crippen molar-refractivity contribution < 1.29 is 32.2 Å². The van der Waals surface area contributed by atoms with Crippen molar-refractivity contribution in [2.45, 2.75) is 6.18 Å². The van der Waals surface area contributed by atoms with Crippen LogP contribution in [0.3, 0.4) is 0 Å². The highest BCUT2D eigenvalue weighted by molar-refractivity contribution is 5.99. The van der Waals surface area contributed by atoms with Gasteiger partial charge in [-0.1, -0.05) is 0 Å². The highest BCUT2D eigenvalue weighted by atomic mass is 19.4. The SMILES string of the molecule is COc1cc(C=O)c(NC(=O)C(F)(F)F)cc1OC. The molecule has 0 radical (unpaired) electrons. The first-order valence-electron chi connectivity index (χ1n) is 4.92. The smallest absolute Gasteiger partial charge is 0.471 e. The van der Waals surface area contributed by atoms with Gasteiger partial charge in [0.25, 0.3) is 0 Å². The van der Waals surface area contributed by atoms with Crippen molar-refractivity contribution in [1.82, 2.24) is 0 Å². The predicted octanol–water partition coefficient (Wildman–Crippen LogP) is 2.02. The van der Waals surface area contributed by atoms with E-state index in [2.05, 4.69) is 0 Å². The van der Waals surface area contributed by atoms with Crippen LogP contribution in [0.4, 0.5) is 18.9 Å². The van der Waals surface area contributed by atoms with Gasteiger partial charge in [-0.3, -0.25) is 9.59 Å². The van der Waals surface area contributed by atoms with Crippen LogP contribution in [0.15, 0.2) is 12.1 Å². The van der Waals surface area contributed by atoms with Crippen molar-refractivity contribution in [2.75, 3.05) is 19.5 Å². The molecule has 0 unspecified atom stereocenters. The summed E-state index contributed by atoms with van der Waals surface area (Å²) in [6.45, 7) is 0. The Bertz CT molecular complexity index is 499. The molecule has 19 heavy (non-hydrogen) atoms. The Labute approximate surface area is 106 Å². The number of carbonyl (C=O) groups is 2. The van der Waals surface area contributed by atoms with Gasteiger partial charge < -0.3 is 14.8 Å². The van der Waals surface area contributed by atoms with Crippen molar-refractivity contribution in [3.05, 3.63) is 17.7 Å². The maximum absolute atomic E-state index is 12.1. The number of amides is 1. The highest BCUT2D eigenvalue weighted by Gasteiger charge is 2.39. The molecule has 0 fully saturated rings. The van der Waals surface area contributed by atoms with Crippen LogP contribution in [0.25, 0.3) is 0 Å². The minimum atomic E-state index is -5.05. The fourth-order valence-electron chi connectivity index (χ4n) is 1.29. The van der Waals surface area contributed by atoms with Crippen LogP contribution in [0, 0.1) is 0 Å². The van der Waals surface area contributed by atoms with Gasteiger partial charge in [0.15, 0.2) is 17.8 Å². The zero-order chi connectivity index (χ0) is 14.6. The summed E-state index contributed by atoms with van der Waals surface area (Å²) in [5.41, 5.74) is -0.467. The normalized spacial score (nSPS) is 10.8. The topological polar surface area (TPSA) is 64.6 Å². The van der Waals surface area contributed by atoms with E-state index in [1.165, 1.54) is 14.2 Å². The van der Waals surface area contributed by atoms with Crippen LogP contribution >= 0.6 is 0 Å². The summed E-state index contributed by atoms with van der Waals surface area (Å²) in [6, 6.07) is 2.24. The summed E-state index contributed by atoms with van der Waals surface area (Å²) >= 11 is 0. The van der Waals surface area contributed by atoms with E-state index in [-0.39, 0.29) is 22.7 Å². The minimum absolute atomic E-state index is 0.0885. The number of carbonyl (C=O) groups excluding carboxylic acids is 2. The number of methoxy groups -OCH3 is 2. The second-order valence-corrected chi connectivity index (χ2v) is 3.36. The number of nitrogens with one attached hydrogen (secondary N) is 1. The molecule has 1 amide bonds. The molecule has 0 spiro atoms. The zero-order valence-electron chi connectivity index (χ0n) is 10.00. The van der Waals surface area contributed by atoms with Gasteiger partial charge in [0, 0.05) is 11.6 Å². The van der Waals surface area contributed by atoms with Crippen LogP contribution in [-0.4, -0.2) is 32.6 Å². The van der Waals surface area contributed by atoms with E-state index in [1.54, 1.807) is 5.32 Å². The van der Waals surface area contributed by atoms with Crippen LogP contribution in [0.2, 0.25) is 0 Å². The third kappa shape index (κ3) is 3.36. The van der Waals surface area contributed by atoms with E-state index in [0.29, 0.717) is 6.29 Å². The van der Waals surface area contributed by atoms with Gasteiger partial charge in [0.1, 0.15) is 0 Å². The predicted molar refractivity (Wildman–Crippen MR) is 59.6 cm³/mol. The number of anilines is 1. The fourth-order valence-corrected chi connectivity index (χ4v) is 1.29. The Morgan fingerprint density at radius 3 is 2.16 bits per heavy atom. The van der Waals surface area contributed by atoms with Crippen molar-refractivity contribution in [3.8, 4) is 11.5 Å². The standard InChI is InChI=1S/C11H10F3NO4/c1-18-8-3-6(5-16)7(4-9(8)19-2)15-10(17)11(12,13)14/h3-5H,1-2H3,(H,15,17). The summed E-state index contributed by atoms with van der Waals surface area (Å²) in [5.74, 6) is -1.93. The third-order valence-electron chi connectivity index (χ3n) is 2.19. The van der Waals surface area contributed by atoms with Crippen LogP contribution in [0.1, 0.15) is 10.4 Å². The first-order valence-corrected chi connectivity index (χ1v) is 4.92. The second kappa shape index (κ2) is 5.59. The molecular formula is C11H10F3NO4. The summed E-state index contributed by atoms with van der Waals surface area (Å²) < 4.78 is 46.2. The van der Waals surface area contributed by atoms with Gasteiger partial charge in [-0.15, -0.1) is 0 Å². The maximum Gasteiger partial charge on any atom is 0.471 e.